The van der Waals surface area contributed by atoms with Gasteiger partial charge >= 0.3 is 0 Å². The molecule has 1 aromatic heterocycles. The highest BCUT2D eigenvalue weighted by atomic mass is 16.2. The first kappa shape index (κ1) is 29.8. The highest BCUT2D eigenvalue weighted by molar-refractivity contribution is 6.26. The molecular weight excluding hydrogens is 516 g/mol. The summed E-state index contributed by atoms with van der Waals surface area (Å²) in [5, 5.41) is 12.1. The number of aliphatic hydroxyl groups excluding tert-OH is 1. The highest BCUT2D eigenvalue weighted by Gasteiger charge is 2.25. The number of hydrogen-bond donors (Lipinski definition) is 2. The van der Waals surface area contributed by atoms with Crippen molar-refractivity contribution < 1.29 is 5.11 Å². The summed E-state index contributed by atoms with van der Waals surface area (Å²) < 4.78 is 0. The van der Waals surface area contributed by atoms with Crippen molar-refractivity contribution in [3.8, 4) is 0 Å². The summed E-state index contributed by atoms with van der Waals surface area (Å²) in [5.74, 6) is 1.77. The fraction of sp³-hybridized carbons (Fsp3) is 0.432. The Morgan fingerprint density at radius 3 is 1.38 bits per heavy atom. The standard InChI is InChI=1S/C37H46N4O/c1-21(2)15-26-30-9-10-31(38-30)27(16-22(3)4)33-13-14-35(40-33)29(18-24(7)8)37-25(20-42)19-36(41-37)28(17-23(5)6)34-12-11-32(26)39-34/h9-14,19-24,41-42H,15-18H2,1-8H3/b25-20-,30-26?,33-27?,34-28?,37-29?. The number of aromatic amines is 1. The highest BCUT2D eigenvalue weighted by Crippen LogP contribution is 2.34. The molecule has 0 amide bonds. The molecule has 1 aromatic rings. The van der Waals surface area contributed by atoms with E-state index in [0.717, 1.165) is 87.3 Å². The van der Waals surface area contributed by atoms with Gasteiger partial charge in [0.25, 0.3) is 0 Å². The Kier molecular flexibility index (Phi) is 8.68. The van der Waals surface area contributed by atoms with Crippen molar-refractivity contribution in [3.05, 3.63) is 87.0 Å². The molecule has 0 aliphatic carbocycles. The molecule has 8 bridgehead atoms. The minimum Gasteiger partial charge on any atom is -0.515 e. The number of hydrogen-bond acceptors (Lipinski definition) is 4. The molecular formula is C37H46N4O. The van der Waals surface area contributed by atoms with Crippen molar-refractivity contribution in [2.24, 2.45) is 38.6 Å². The van der Waals surface area contributed by atoms with Gasteiger partial charge in [-0.2, -0.15) is 0 Å². The second-order valence-electron chi connectivity index (χ2n) is 13.6. The third-order valence-corrected chi connectivity index (χ3v) is 7.84. The first-order valence-corrected chi connectivity index (χ1v) is 15.6. The Labute approximate surface area is 251 Å². The van der Waals surface area contributed by atoms with Gasteiger partial charge in [-0.3, -0.25) is 0 Å². The van der Waals surface area contributed by atoms with E-state index >= 15 is 0 Å². The van der Waals surface area contributed by atoms with Crippen LogP contribution in [0.15, 0.2) is 85.7 Å². The maximum Gasteiger partial charge on any atom is 0.0885 e. The molecule has 0 saturated heterocycles. The molecule has 220 valence electrons. The van der Waals surface area contributed by atoms with E-state index in [-0.39, 0.29) is 0 Å². The van der Waals surface area contributed by atoms with Crippen molar-refractivity contribution in [1.82, 2.24) is 4.98 Å². The minimum atomic E-state index is 0.413. The molecule has 2 N–H and O–H groups in total. The number of H-pyrrole nitrogens is 1. The zero-order chi connectivity index (χ0) is 30.1. The van der Waals surface area contributed by atoms with Gasteiger partial charge in [0.05, 0.1) is 45.8 Å². The van der Waals surface area contributed by atoms with E-state index in [0.29, 0.717) is 23.7 Å². The van der Waals surface area contributed by atoms with Crippen molar-refractivity contribution in [2.75, 3.05) is 0 Å². The third kappa shape index (κ3) is 6.21. The number of aliphatic hydroxyl groups is 1. The largest absolute Gasteiger partial charge is 0.515 e. The van der Waals surface area contributed by atoms with Gasteiger partial charge in [0.1, 0.15) is 0 Å². The molecule has 5 heterocycles. The molecule has 5 rings (SSSR count). The van der Waals surface area contributed by atoms with Crippen LogP contribution in [-0.4, -0.2) is 27.2 Å². The molecule has 0 unspecified atom stereocenters. The van der Waals surface area contributed by atoms with Crippen LogP contribution in [0, 0.1) is 23.7 Å². The first-order chi connectivity index (χ1) is 20.0. The van der Waals surface area contributed by atoms with Gasteiger partial charge in [-0.05, 0) is 91.9 Å². The molecule has 42 heavy (non-hydrogen) atoms. The summed E-state index contributed by atoms with van der Waals surface area (Å²) in [5.41, 5.74) is 11.5. The Hall–Kier alpha value is -3.73. The van der Waals surface area contributed by atoms with Gasteiger partial charge in [0, 0.05) is 33.2 Å². The van der Waals surface area contributed by atoms with Crippen LogP contribution in [0.5, 0.6) is 0 Å². The second-order valence-corrected chi connectivity index (χ2v) is 13.6. The van der Waals surface area contributed by atoms with E-state index in [2.05, 4.69) is 103 Å². The van der Waals surface area contributed by atoms with E-state index in [1.54, 1.807) is 0 Å². The summed E-state index contributed by atoms with van der Waals surface area (Å²) in [6.07, 6.45) is 17.6. The fourth-order valence-corrected chi connectivity index (χ4v) is 6.08. The van der Waals surface area contributed by atoms with Gasteiger partial charge in [-0.25, -0.2) is 15.0 Å². The summed E-state index contributed by atoms with van der Waals surface area (Å²) in [7, 11) is 0. The van der Waals surface area contributed by atoms with Crippen LogP contribution < -0.4 is 10.6 Å². The Morgan fingerprint density at radius 2 is 0.952 bits per heavy atom. The number of aromatic nitrogens is 1. The average molecular weight is 563 g/mol. The zero-order valence-corrected chi connectivity index (χ0v) is 26.5. The van der Waals surface area contributed by atoms with Gasteiger partial charge in [0.15, 0.2) is 0 Å². The molecule has 4 aliphatic heterocycles. The van der Waals surface area contributed by atoms with Gasteiger partial charge in [0.2, 0.25) is 0 Å². The second kappa shape index (κ2) is 12.2. The van der Waals surface area contributed by atoms with E-state index < -0.39 is 0 Å². The Balaban J connectivity index is 1.88. The lowest BCUT2D eigenvalue weighted by Gasteiger charge is -2.14. The van der Waals surface area contributed by atoms with Crippen LogP contribution >= 0.6 is 0 Å². The summed E-state index contributed by atoms with van der Waals surface area (Å²) >= 11 is 0. The molecule has 5 nitrogen and oxygen atoms in total. The minimum absolute atomic E-state index is 0.413. The van der Waals surface area contributed by atoms with Crippen molar-refractivity contribution in [3.63, 3.8) is 0 Å². The van der Waals surface area contributed by atoms with E-state index in [1.165, 1.54) is 17.4 Å². The molecule has 0 saturated carbocycles. The van der Waals surface area contributed by atoms with Crippen LogP contribution in [0.2, 0.25) is 0 Å². The number of aliphatic imine (C=N–C) groups is 3. The van der Waals surface area contributed by atoms with Crippen LogP contribution in [0.1, 0.15) is 86.8 Å². The maximum atomic E-state index is 10.4. The lowest BCUT2D eigenvalue weighted by Crippen LogP contribution is -2.28. The number of rotatable bonds is 8. The molecule has 0 aromatic carbocycles. The number of nitrogens with zero attached hydrogens (tertiary/aromatic N) is 3. The summed E-state index contributed by atoms with van der Waals surface area (Å²) in [6.45, 7) is 17.9. The lowest BCUT2D eigenvalue weighted by atomic mass is 9.97. The monoisotopic (exact) mass is 562 g/mol. The molecule has 0 atom stereocenters. The number of nitrogens with one attached hydrogen (secondary N) is 1. The van der Waals surface area contributed by atoms with Crippen molar-refractivity contribution in [1.29, 1.82) is 0 Å². The van der Waals surface area contributed by atoms with E-state index in [9.17, 15) is 5.11 Å². The van der Waals surface area contributed by atoms with Gasteiger partial charge < -0.3 is 10.1 Å². The maximum absolute atomic E-state index is 10.4. The molecule has 5 heteroatoms. The summed E-state index contributed by atoms with van der Waals surface area (Å²) in [6, 6.07) is 2.07. The Bertz CT molecular complexity index is 1670. The van der Waals surface area contributed by atoms with E-state index in [4.69, 9.17) is 15.0 Å². The van der Waals surface area contributed by atoms with Crippen molar-refractivity contribution >= 4 is 34.5 Å². The number of allylic oxidation sites excluding steroid dienone is 9. The van der Waals surface area contributed by atoms with Crippen LogP contribution in [0.3, 0.4) is 0 Å². The normalized spacial score (nSPS) is 18.8. The van der Waals surface area contributed by atoms with Gasteiger partial charge in [-0.1, -0.05) is 55.4 Å². The first-order valence-electron chi connectivity index (χ1n) is 15.6. The lowest BCUT2D eigenvalue weighted by molar-refractivity contribution is 0.540. The number of fused-ring (bicyclic) bond motifs is 5. The quantitative estimate of drug-likeness (QED) is 0.332. The van der Waals surface area contributed by atoms with E-state index in [1.807, 2.05) is 0 Å². The SMILES string of the molecule is CC(C)CC1=C2C=CC(=N2)C(CC(C)C)=C2C=CC(=N2)C(CC(C)C)=c2[nH]c(c/c2=C/O)C(CC(C)C)=C2C=CC1=N2. The molecule has 0 spiro atoms. The third-order valence-electron chi connectivity index (χ3n) is 7.84. The predicted octanol–water partition coefficient (Wildman–Crippen LogP) is 7.91. The molecule has 0 fully saturated rings. The fourth-order valence-electron chi connectivity index (χ4n) is 6.08. The van der Waals surface area contributed by atoms with Crippen LogP contribution in [0.25, 0.3) is 17.4 Å². The van der Waals surface area contributed by atoms with Gasteiger partial charge in [-0.15, -0.1) is 0 Å². The molecule has 4 aliphatic rings. The van der Waals surface area contributed by atoms with Crippen molar-refractivity contribution in [2.45, 2.75) is 81.1 Å². The zero-order valence-electron chi connectivity index (χ0n) is 26.5. The Morgan fingerprint density at radius 1 is 0.571 bits per heavy atom. The van der Waals surface area contributed by atoms with Crippen LogP contribution in [0.4, 0.5) is 0 Å². The van der Waals surface area contributed by atoms with Crippen LogP contribution in [-0.2, 0) is 0 Å². The molecule has 0 radical (unpaired) electrons. The topological polar surface area (TPSA) is 73.1 Å². The summed E-state index contributed by atoms with van der Waals surface area (Å²) in [4.78, 5) is 19.5. The predicted molar refractivity (Wildman–Crippen MR) is 179 cm³/mol. The smallest absolute Gasteiger partial charge is 0.0885 e. The average Bonchev–Trinajstić information content (AvgIpc) is 3.73.